The predicted octanol–water partition coefficient (Wildman–Crippen LogP) is 3.38. The zero-order valence-electron chi connectivity index (χ0n) is 9.21. The van der Waals surface area contributed by atoms with Gasteiger partial charge in [0, 0.05) is 0 Å². The van der Waals surface area contributed by atoms with Crippen LogP contribution in [-0.2, 0) is 25.8 Å². The molecule has 0 spiro atoms. The number of aryl methyl sites for hydroxylation is 1. The second-order valence-electron chi connectivity index (χ2n) is 4.66. The van der Waals surface area contributed by atoms with Crippen LogP contribution in [-0.4, -0.2) is 3.90 Å². The molecule has 14 heavy (non-hydrogen) atoms. The van der Waals surface area contributed by atoms with Crippen molar-refractivity contribution in [2.24, 2.45) is 5.41 Å². The standard InChI is InChI=1S/C13H18.W/c1-13(2,3)11-7-10-12-8-5-4-6-9-12;/h4-6,8-9H,7,10H2,1-3H3;. The molecule has 0 fully saturated rings. The molecule has 0 saturated heterocycles. The van der Waals surface area contributed by atoms with Gasteiger partial charge in [-0.1, -0.05) is 0 Å². The quantitative estimate of drug-likeness (QED) is 0.777. The van der Waals surface area contributed by atoms with Crippen LogP contribution in [0.25, 0.3) is 0 Å². The van der Waals surface area contributed by atoms with E-state index in [9.17, 15) is 0 Å². The predicted molar refractivity (Wildman–Crippen MR) is 59.2 cm³/mol. The Morgan fingerprint density at radius 3 is 2.21 bits per heavy atom. The van der Waals surface area contributed by atoms with Crippen molar-refractivity contribution in [3.8, 4) is 0 Å². The van der Waals surface area contributed by atoms with Crippen LogP contribution in [0.15, 0.2) is 30.3 Å². The van der Waals surface area contributed by atoms with Gasteiger partial charge in [-0.3, -0.25) is 0 Å². The maximum absolute atomic E-state index is 2.31. The normalized spacial score (nSPS) is 11.4. The van der Waals surface area contributed by atoms with Crippen LogP contribution in [0, 0.1) is 5.41 Å². The second-order valence-corrected chi connectivity index (χ2v) is 6.43. The summed E-state index contributed by atoms with van der Waals surface area (Å²) in [6.45, 7) is 6.92. The van der Waals surface area contributed by atoms with Crippen molar-refractivity contribution >= 4 is 3.90 Å². The molecule has 0 aromatic heterocycles. The molecule has 0 radical (unpaired) electrons. The van der Waals surface area contributed by atoms with E-state index >= 15 is 0 Å². The molecule has 0 saturated carbocycles. The molecule has 1 heteroatoms. The molecule has 0 unspecified atom stereocenters. The Bertz CT molecular complexity index is 293. The van der Waals surface area contributed by atoms with E-state index in [0.717, 1.165) is 0 Å². The maximum atomic E-state index is 2.31. The summed E-state index contributed by atoms with van der Waals surface area (Å²) in [5.41, 5.74) is 1.85. The number of hydrogen-bond donors (Lipinski definition) is 0. The van der Waals surface area contributed by atoms with Crippen LogP contribution in [0.4, 0.5) is 0 Å². The molecule has 0 nitrogen and oxygen atoms in total. The molecule has 1 rings (SSSR count). The Morgan fingerprint density at radius 2 is 1.71 bits per heavy atom. The summed E-state index contributed by atoms with van der Waals surface area (Å²) in [6, 6.07) is 10.7. The fraction of sp³-hybridized carbons (Fsp3) is 0.462. The molecule has 0 aliphatic rings. The Balaban J connectivity index is 2.46. The van der Waals surface area contributed by atoms with Crippen molar-refractivity contribution < 1.29 is 19.4 Å². The van der Waals surface area contributed by atoms with Crippen LogP contribution in [0.5, 0.6) is 0 Å². The molecule has 0 atom stereocenters. The minimum absolute atomic E-state index is 0.393. The Labute approximate surface area is 98.1 Å². The first-order valence-electron chi connectivity index (χ1n) is 5.07. The topological polar surface area (TPSA) is 0 Å². The van der Waals surface area contributed by atoms with Gasteiger partial charge in [0.15, 0.2) is 0 Å². The van der Waals surface area contributed by atoms with Gasteiger partial charge in [-0.05, 0) is 0 Å². The molecular weight excluding hydrogens is 340 g/mol. The molecule has 0 aliphatic carbocycles. The average molecular weight is 358 g/mol. The van der Waals surface area contributed by atoms with E-state index in [1.165, 1.54) is 18.4 Å². The van der Waals surface area contributed by atoms with Crippen molar-refractivity contribution in [2.75, 3.05) is 0 Å². The van der Waals surface area contributed by atoms with Crippen LogP contribution < -0.4 is 0 Å². The SMILES string of the molecule is CC(C)(C)[C](=[W])CCc1ccccc1. The summed E-state index contributed by atoms with van der Waals surface area (Å²) in [6.07, 6.45) is 2.43. The van der Waals surface area contributed by atoms with E-state index in [0.29, 0.717) is 5.41 Å². The summed E-state index contributed by atoms with van der Waals surface area (Å²) in [7, 11) is 0. The first-order chi connectivity index (χ1) is 6.50. The zero-order valence-corrected chi connectivity index (χ0v) is 12.1. The number of hydrogen-bond acceptors (Lipinski definition) is 0. The van der Waals surface area contributed by atoms with Gasteiger partial charge in [0.2, 0.25) is 0 Å². The third kappa shape index (κ3) is 3.88. The Morgan fingerprint density at radius 1 is 1.14 bits per heavy atom. The van der Waals surface area contributed by atoms with Crippen molar-refractivity contribution in [3.63, 3.8) is 0 Å². The molecule has 0 heterocycles. The van der Waals surface area contributed by atoms with Crippen LogP contribution >= 0.6 is 0 Å². The monoisotopic (exact) mass is 358 g/mol. The third-order valence-corrected chi connectivity index (χ3v) is 5.25. The van der Waals surface area contributed by atoms with E-state index in [-0.39, 0.29) is 0 Å². The summed E-state index contributed by atoms with van der Waals surface area (Å²) in [4.78, 5) is 0. The van der Waals surface area contributed by atoms with Crippen molar-refractivity contribution in [3.05, 3.63) is 35.9 Å². The molecule has 0 amide bonds. The second kappa shape index (κ2) is 5.03. The van der Waals surface area contributed by atoms with Gasteiger partial charge in [0.1, 0.15) is 0 Å². The van der Waals surface area contributed by atoms with Crippen molar-refractivity contribution in [1.82, 2.24) is 0 Å². The van der Waals surface area contributed by atoms with Crippen molar-refractivity contribution in [1.29, 1.82) is 0 Å². The fourth-order valence-corrected chi connectivity index (χ4v) is 1.64. The van der Waals surface area contributed by atoms with Gasteiger partial charge in [-0.15, -0.1) is 0 Å². The van der Waals surface area contributed by atoms with Gasteiger partial charge in [-0.2, -0.15) is 0 Å². The van der Waals surface area contributed by atoms with Crippen LogP contribution in [0.2, 0.25) is 0 Å². The van der Waals surface area contributed by atoms with E-state index in [2.05, 4.69) is 51.1 Å². The van der Waals surface area contributed by atoms with Gasteiger partial charge in [0.25, 0.3) is 0 Å². The summed E-state index contributed by atoms with van der Waals surface area (Å²) in [5, 5.41) is 0. The number of rotatable bonds is 3. The molecule has 0 aliphatic heterocycles. The van der Waals surface area contributed by atoms with Crippen LogP contribution in [0.1, 0.15) is 32.8 Å². The van der Waals surface area contributed by atoms with Gasteiger partial charge in [-0.25, -0.2) is 0 Å². The summed E-state index contributed by atoms with van der Waals surface area (Å²) >= 11 is 1.64. The summed E-state index contributed by atoms with van der Waals surface area (Å²) < 4.78 is 1.67. The number of benzene rings is 1. The van der Waals surface area contributed by atoms with Gasteiger partial charge in [0.05, 0.1) is 0 Å². The van der Waals surface area contributed by atoms with Gasteiger partial charge < -0.3 is 0 Å². The Hall–Kier alpha value is -0.222. The first-order valence-corrected chi connectivity index (χ1v) is 6.54. The zero-order chi connectivity index (χ0) is 10.6. The van der Waals surface area contributed by atoms with E-state index < -0.39 is 0 Å². The Kier molecular flexibility index (Phi) is 4.26. The minimum atomic E-state index is 0.393. The van der Waals surface area contributed by atoms with E-state index in [4.69, 9.17) is 0 Å². The molecular formula is C13H18W. The van der Waals surface area contributed by atoms with Crippen molar-refractivity contribution in [2.45, 2.75) is 33.6 Å². The molecule has 0 bridgehead atoms. The van der Waals surface area contributed by atoms with E-state index in [1.807, 2.05) is 0 Å². The van der Waals surface area contributed by atoms with Gasteiger partial charge >= 0.3 is 98.2 Å². The first kappa shape index (κ1) is 11.9. The molecule has 0 N–H and O–H groups in total. The van der Waals surface area contributed by atoms with Crippen LogP contribution in [0.3, 0.4) is 0 Å². The summed E-state index contributed by atoms with van der Waals surface area (Å²) in [5.74, 6) is 0. The molecule has 76 valence electrons. The third-order valence-electron chi connectivity index (χ3n) is 2.32. The fourth-order valence-electron chi connectivity index (χ4n) is 1.28. The molecule has 1 aromatic carbocycles. The average Bonchev–Trinajstić information content (AvgIpc) is 2.14. The molecule has 1 aromatic rings. The van der Waals surface area contributed by atoms with E-state index in [1.54, 1.807) is 23.3 Å².